The molecule has 0 aromatic carbocycles. The van der Waals surface area contributed by atoms with Crippen molar-refractivity contribution in [3.05, 3.63) is 17.6 Å². The van der Waals surface area contributed by atoms with Gasteiger partial charge in [0.1, 0.15) is 17.3 Å². The minimum atomic E-state index is -0.0853. The quantitative estimate of drug-likeness (QED) is 0.782. The van der Waals surface area contributed by atoms with E-state index in [9.17, 15) is 4.79 Å². The summed E-state index contributed by atoms with van der Waals surface area (Å²) in [4.78, 5) is 23.6. The standard InChI is InChI=1S/C18H30N4O/c1-4-6-8-11-19-18(23)16-13-17(21-14(3)20-16)22-12-9-7-10-15(22)5-2/h13,15H,4-12H2,1-3H3,(H,19,23). The first-order valence-electron chi connectivity index (χ1n) is 9.06. The summed E-state index contributed by atoms with van der Waals surface area (Å²) in [7, 11) is 0. The van der Waals surface area contributed by atoms with Gasteiger partial charge >= 0.3 is 0 Å². The second-order valence-corrected chi connectivity index (χ2v) is 6.37. The Hall–Kier alpha value is -1.65. The van der Waals surface area contributed by atoms with Gasteiger partial charge < -0.3 is 10.2 Å². The minimum Gasteiger partial charge on any atom is -0.354 e. The van der Waals surface area contributed by atoms with Crippen LogP contribution >= 0.6 is 0 Å². The van der Waals surface area contributed by atoms with E-state index in [0.717, 1.165) is 38.0 Å². The number of hydrogen-bond donors (Lipinski definition) is 1. The number of hydrogen-bond acceptors (Lipinski definition) is 4. The molecule has 1 N–H and O–H groups in total. The molecule has 1 saturated heterocycles. The molecule has 2 rings (SSSR count). The largest absolute Gasteiger partial charge is 0.354 e. The highest BCUT2D eigenvalue weighted by molar-refractivity contribution is 5.92. The van der Waals surface area contributed by atoms with Crippen molar-refractivity contribution in [3.8, 4) is 0 Å². The van der Waals surface area contributed by atoms with Crippen LogP contribution in [0.3, 0.4) is 0 Å². The Morgan fingerprint density at radius 1 is 1.30 bits per heavy atom. The minimum absolute atomic E-state index is 0.0853. The number of piperidine rings is 1. The van der Waals surface area contributed by atoms with Crippen molar-refractivity contribution in [1.82, 2.24) is 15.3 Å². The summed E-state index contributed by atoms with van der Waals surface area (Å²) in [6.45, 7) is 7.98. The number of unbranched alkanes of at least 4 members (excludes halogenated alkanes) is 2. The van der Waals surface area contributed by atoms with Crippen LogP contribution in [0, 0.1) is 6.92 Å². The second-order valence-electron chi connectivity index (χ2n) is 6.37. The van der Waals surface area contributed by atoms with E-state index in [0.29, 0.717) is 24.1 Å². The van der Waals surface area contributed by atoms with Gasteiger partial charge in [-0.05, 0) is 39.0 Å². The van der Waals surface area contributed by atoms with Crippen molar-refractivity contribution in [2.75, 3.05) is 18.0 Å². The average molecular weight is 318 g/mol. The van der Waals surface area contributed by atoms with Gasteiger partial charge in [0.25, 0.3) is 5.91 Å². The SMILES string of the molecule is CCCCCNC(=O)c1cc(N2CCCCC2CC)nc(C)n1. The average Bonchev–Trinajstić information content (AvgIpc) is 2.58. The molecule has 0 saturated carbocycles. The van der Waals surface area contributed by atoms with Gasteiger partial charge in [0.05, 0.1) is 0 Å². The molecule has 0 aliphatic carbocycles. The maximum absolute atomic E-state index is 12.3. The van der Waals surface area contributed by atoms with Gasteiger partial charge in [-0.1, -0.05) is 26.7 Å². The van der Waals surface area contributed by atoms with Crippen LogP contribution in [0.5, 0.6) is 0 Å². The number of aromatic nitrogens is 2. The Kier molecular flexibility index (Phi) is 6.81. The Morgan fingerprint density at radius 2 is 2.13 bits per heavy atom. The molecule has 1 amide bonds. The van der Waals surface area contributed by atoms with Crippen LogP contribution in [0.2, 0.25) is 0 Å². The zero-order valence-corrected chi connectivity index (χ0v) is 14.8. The zero-order valence-electron chi connectivity index (χ0n) is 14.8. The van der Waals surface area contributed by atoms with E-state index in [4.69, 9.17) is 0 Å². The van der Waals surface area contributed by atoms with Crippen molar-refractivity contribution < 1.29 is 4.79 Å². The van der Waals surface area contributed by atoms with Crippen LogP contribution in [0.25, 0.3) is 0 Å². The van der Waals surface area contributed by atoms with Crippen molar-refractivity contribution in [1.29, 1.82) is 0 Å². The Labute approximate surface area is 139 Å². The highest BCUT2D eigenvalue weighted by Gasteiger charge is 2.23. The highest BCUT2D eigenvalue weighted by Crippen LogP contribution is 2.25. The molecule has 1 atom stereocenters. The Bertz CT molecular complexity index is 518. The number of carbonyl (C=O) groups is 1. The summed E-state index contributed by atoms with van der Waals surface area (Å²) in [5.74, 6) is 1.49. The fourth-order valence-corrected chi connectivity index (χ4v) is 3.21. The number of anilines is 1. The lowest BCUT2D eigenvalue weighted by Gasteiger charge is -2.36. The molecule has 23 heavy (non-hydrogen) atoms. The molecule has 1 aliphatic rings. The first-order valence-corrected chi connectivity index (χ1v) is 9.06. The summed E-state index contributed by atoms with van der Waals surface area (Å²) in [5, 5.41) is 2.97. The van der Waals surface area contributed by atoms with E-state index in [-0.39, 0.29) is 5.91 Å². The topological polar surface area (TPSA) is 58.1 Å². The third-order valence-corrected chi connectivity index (χ3v) is 4.52. The van der Waals surface area contributed by atoms with Gasteiger partial charge in [-0.2, -0.15) is 0 Å². The summed E-state index contributed by atoms with van der Waals surface area (Å²) in [6.07, 6.45) is 8.10. The smallest absolute Gasteiger partial charge is 0.270 e. The maximum Gasteiger partial charge on any atom is 0.270 e. The van der Waals surface area contributed by atoms with Crippen LogP contribution in [0.1, 0.15) is 75.1 Å². The van der Waals surface area contributed by atoms with E-state index < -0.39 is 0 Å². The van der Waals surface area contributed by atoms with Crippen LogP contribution in [-0.4, -0.2) is 35.0 Å². The van der Waals surface area contributed by atoms with E-state index in [1.807, 2.05) is 13.0 Å². The third-order valence-electron chi connectivity index (χ3n) is 4.52. The molecule has 5 heteroatoms. The number of amides is 1. The normalized spacial score (nSPS) is 18.0. The fraction of sp³-hybridized carbons (Fsp3) is 0.722. The van der Waals surface area contributed by atoms with Crippen molar-refractivity contribution in [2.45, 2.75) is 71.8 Å². The molecule has 1 fully saturated rings. The Morgan fingerprint density at radius 3 is 2.87 bits per heavy atom. The first-order chi connectivity index (χ1) is 11.2. The number of nitrogens with one attached hydrogen (secondary N) is 1. The fourth-order valence-electron chi connectivity index (χ4n) is 3.21. The zero-order chi connectivity index (χ0) is 16.7. The molecule has 1 aromatic rings. The van der Waals surface area contributed by atoms with Crippen LogP contribution in [0.4, 0.5) is 5.82 Å². The predicted molar refractivity (Wildman–Crippen MR) is 93.9 cm³/mol. The predicted octanol–water partition coefficient (Wildman–Crippen LogP) is 3.47. The molecule has 128 valence electrons. The number of aryl methyl sites for hydroxylation is 1. The van der Waals surface area contributed by atoms with Gasteiger partial charge in [0, 0.05) is 25.2 Å². The van der Waals surface area contributed by atoms with Gasteiger partial charge in [-0.3, -0.25) is 4.79 Å². The van der Waals surface area contributed by atoms with E-state index in [1.165, 1.54) is 19.3 Å². The van der Waals surface area contributed by atoms with Gasteiger partial charge in [-0.25, -0.2) is 9.97 Å². The highest BCUT2D eigenvalue weighted by atomic mass is 16.1. The monoisotopic (exact) mass is 318 g/mol. The van der Waals surface area contributed by atoms with Gasteiger partial charge in [0.2, 0.25) is 0 Å². The molecule has 2 heterocycles. The van der Waals surface area contributed by atoms with Crippen molar-refractivity contribution >= 4 is 11.7 Å². The number of nitrogens with zero attached hydrogens (tertiary/aromatic N) is 3. The van der Waals surface area contributed by atoms with Crippen molar-refractivity contribution in [3.63, 3.8) is 0 Å². The molecule has 0 spiro atoms. The summed E-state index contributed by atoms with van der Waals surface area (Å²) < 4.78 is 0. The van der Waals surface area contributed by atoms with E-state index in [1.54, 1.807) is 0 Å². The van der Waals surface area contributed by atoms with Crippen LogP contribution in [-0.2, 0) is 0 Å². The molecular formula is C18H30N4O. The molecular weight excluding hydrogens is 288 g/mol. The van der Waals surface area contributed by atoms with Crippen LogP contribution in [0.15, 0.2) is 6.07 Å². The van der Waals surface area contributed by atoms with Crippen LogP contribution < -0.4 is 10.2 Å². The molecule has 1 unspecified atom stereocenters. The first kappa shape index (κ1) is 17.7. The molecule has 1 aliphatic heterocycles. The Balaban J connectivity index is 2.10. The lowest BCUT2D eigenvalue weighted by Crippen LogP contribution is -2.40. The third kappa shape index (κ3) is 4.91. The summed E-state index contributed by atoms with van der Waals surface area (Å²) >= 11 is 0. The lowest BCUT2D eigenvalue weighted by molar-refractivity contribution is 0.0947. The molecule has 0 bridgehead atoms. The maximum atomic E-state index is 12.3. The molecule has 0 radical (unpaired) electrons. The summed E-state index contributed by atoms with van der Waals surface area (Å²) in [6, 6.07) is 2.38. The van der Waals surface area contributed by atoms with Gasteiger partial charge in [-0.15, -0.1) is 0 Å². The molecule has 1 aromatic heterocycles. The summed E-state index contributed by atoms with van der Waals surface area (Å²) in [5.41, 5.74) is 0.490. The van der Waals surface area contributed by atoms with Gasteiger partial charge in [0.15, 0.2) is 0 Å². The van der Waals surface area contributed by atoms with E-state index >= 15 is 0 Å². The van der Waals surface area contributed by atoms with Crippen molar-refractivity contribution in [2.24, 2.45) is 0 Å². The lowest BCUT2D eigenvalue weighted by atomic mass is 10.00. The number of carbonyl (C=O) groups excluding carboxylic acids is 1. The number of rotatable bonds is 7. The second kappa shape index (κ2) is 8.85. The van der Waals surface area contributed by atoms with E-state index in [2.05, 4.69) is 34.0 Å². The molecule has 5 nitrogen and oxygen atoms in total.